The maximum absolute atomic E-state index is 6.26. The predicted molar refractivity (Wildman–Crippen MR) is 73.8 cm³/mol. The standard InChI is InChI=1S/C13H16Cl2N2/c1-3-9(2)8-17-12(7-14)16-11-6-4-5-10(15)13(11)17/h4-6,9H,3,7-8H2,1-2H3. The summed E-state index contributed by atoms with van der Waals surface area (Å²) >= 11 is 12.2. The molecule has 0 fully saturated rings. The molecule has 0 saturated heterocycles. The summed E-state index contributed by atoms with van der Waals surface area (Å²) in [6.45, 7) is 5.32. The summed E-state index contributed by atoms with van der Waals surface area (Å²) in [5.74, 6) is 1.90. The van der Waals surface area contributed by atoms with E-state index in [1.807, 2.05) is 18.2 Å². The second-order valence-corrected chi connectivity index (χ2v) is 5.07. The lowest BCUT2D eigenvalue weighted by Crippen LogP contribution is -2.09. The number of benzene rings is 1. The molecule has 0 aliphatic rings. The van der Waals surface area contributed by atoms with E-state index in [1.165, 1.54) is 0 Å². The molecule has 1 atom stereocenters. The van der Waals surface area contributed by atoms with Crippen molar-refractivity contribution in [3.05, 3.63) is 29.0 Å². The van der Waals surface area contributed by atoms with Crippen molar-refractivity contribution in [2.24, 2.45) is 5.92 Å². The number of imidazole rings is 1. The number of fused-ring (bicyclic) bond motifs is 1. The van der Waals surface area contributed by atoms with E-state index in [4.69, 9.17) is 23.2 Å². The quantitative estimate of drug-likeness (QED) is 0.750. The molecule has 2 aromatic rings. The third-order valence-corrected chi connectivity index (χ3v) is 3.65. The van der Waals surface area contributed by atoms with E-state index in [0.29, 0.717) is 11.8 Å². The molecule has 1 aromatic heterocycles. The van der Waals surface area contributed by atoms with Crippen LogP contribution in [0.25, 0.3) is 11.0 Å². The zero-order chi connectivity index (χ0) is 12.4. The van der Waals surface area contributed by atoms with E-state index in [2.05, 4.69) is 23.4 Å². The second kappa shape index (κ2) is 5.28. The third-order valence-electron chi connectivity index (χ3n) is 3.11. The van der Waals surface area contributed by atoms with Crippen LogP contribution in [0.1, 0.15) is 26.1 Å². The van der Waals surface area contributed by atoms with E-state index in [9.17, 15) is 0 Å². The van der Waals surface area contributed by atoms with E-state index in [1.54, 1.807) is 0 Å². The lowest BCUT2D eigenvalue weighted by Gasteiger charge is -2.13. The Morgan fingerprint density at radius 2 is 2.18 bits per heavy atom. The van der Waals surface area contributed by atoms with Crippen LogP contribution in [-0.4, -0.2) is 9.55 Å². The Hall–Kier alpha value is -0.730. The van der Waals surface area contributed by atoms with Crippen LogP contribution in [0.3, 0.4) is 0 Å². The minimum Gasteiger partial charge on any atom is -0.325 e. The molecular formula is C13H16Cl2N2. The smallest absolute Gasteiger partial charge is 0.124 e. The molecule has 4 heteroatoms. The molecule has 0 aliphatic heterocycles. The minimum atomic E-state index is 0.418. The van der Waals surface area contributed by atoms with Gasteiger partial charge in [-0.25, -0.2) is 4.98 Å². The Kier molecular flexibility index (Phi) is 3.95. The van der Waals surface area contributed by atoms with Gasteiger partial charge in [-0.2, -0.15) is 0 Å². The van der Waals surface area contributed by atoms with Crippen molar-refractivity contribution in [3.8, 4) is 0 Å². The van der Waals surface area contributed by atoms with Crippen LogP contribution in [0.4, 0.5) is 0 Å². The van der Waals surface area contributed by atoms with Crippen LogP contribution >= 0.6 is 23.2 Å². The molecule has 0 N–H and O–H groups in total. The summed E-state index contributed by atoms with van der Waals surface area (Å²) in [5.41, 5.74) is 1.93. The summed E-state index contributed by atoms with van der Waals surface area (Å²) in [6, 6.07) is 5.80. The van der Waals surface area contributed by atoms with Crippen molar-refractivity contribution >= 4 is 34.2 Å². The predicted octanol–water partition coefficient (Wildman–Crippen LogP) is 4.47. The Bertz CT molecular complexity index is 519. The average molecular weight is 271 g/mol. The Morgan fingerprint density at radius 3 is 2.82 bits per heavy atom. The summed E-state index contributed by atoms with van der Waals surface area (Å²) in [6.07, 6.45) is 1.13. The minimum absolute atomic E-state index is 0.418. The molecule has 0 bridgehead atoms. The van der Waals surface area contributed by atoms with Crippen LogP contribution in [0.2, 0.25) is 5.02 Å². The van der Waals surface area contributed by atoms with Crippen molar-refractivity contribution in [1.29, 1.82) is 0 Å². The Balaban J connectivity index is 2.57. The van der Waals surface area contributed by atoms with Crippen molar-refractivity contribution in [2.75, 3.05) is 0 Å². The third kappa shape index (κ3) is 2.43. The first-order valence-corrected chi connectivity index (χ1v) is 6.78. The highest BCUT2D eigenvalue weighted by Gasteiger charge is 2.14. The summed E-state index contributed by atoms with van der Waals surface area (Å²) in [7, 11) is 0. The molecule has 92 valence electrons. The van der Waals surface area contributed by atoms with E-state index >= 15 is 0 Å². The highest BCUT2D eigenvalue weighted by Crippen LogP contribution is 2.26. The molecule has 17 heavy (non-hydrogen) atoms. The van der Waals surface area contributed by atoms with Gasteiger partial charge in [0.2, 0.25) is 0 Å². The fraction of sp³-hybridized carbons (Fsp3) is 0.462. The van der Waals surface area contributed by atoms with Crippen LogP contribution in [0, 0.1) is 5.92 Å². The van der Waals surface area contributed by atoms with Gasteiger partial charge in [-0.3, -0.25) is 0 Å². The first kappa shape index (κ1) is 12.7. The van der Waals surface area contributed by atoms with Crippen LogP contribution in [-0.2, 0) is 12.4 Å². The van der Waals surface area contributed by atoms with E-state index < -0.39 is 0 Å². The molecule has 0 aliphatic carbocycles. The fourth-order valence-electron chi connectivity index (χ4n) is 1.93. The maximum Gasteiger partial charge on any atom is 0.124 e. The number of para-hydroxylation sites is 1. The fourth-order valence-corrected chi connectivity index (χ4v) is 2.40. The molecule has 1 aromatic carbocycles. The molecule has 0 amide bonds. The molecule has 1 unspecified atom stereocenters. The van der Waals surface area contributed by atoms with Crippen molar-refractivity contribution in [1.82, 2.24) is 9.55 Å². The zero-order valence-electron chi connectivity index (χ0n) is 10.1. The summed E-state index contributed by atoms with van der Waals surface area (Å²) in [5, 5.41) is 0.745. The van der Waals surface area contributed by atoms with E-state index in [0.717, 1.165) is 34.8 Å². The number of hydrogen-bond acceptors (Lipinski definition) is 1. The van der Waals surface area contributed by atoms with E-state index in [-0.39, 0.29) is 0 Å². The average Bonchev–Trinajstić information content (AvgIpc) is 2.68. The number of aromatic nitrogens is 2. The molecule has 1 heterocycles. The molecule has 2 rings (SSSR count). The van der Waals surface area contributed by atoms with Gasteiger partial charge in [0.1, 0.15) is 5.82 Å². The first-order chi connectivity index (χ1) is 8.17. The number of rotatable bonds is 4. The van der Waals surface area contributed by atoms with Gasteiger partial charge in [0.25, 0.3) is 0 Å². The van der Waals surface area contributed by atoms with Crippen LogP contribution < -0.4 is 0 Å². The second-order valence-electron chi connectivity index (χ2n) is 4.39. The number of halogens is 2. The van der Waals surface area contributed by atoms with Gasteiger partial charge < -0.3 is 4.57 Å². The molecule has 0 saturated carbocycles. The number of hydrogen-bond donors (Lipinski definition) is 0. The zero-order valence-corrected chi connectivity index (χ0v) is 11.6. The van der Waals surface area contributed by atoms with Crippen molar-refractivity contribution in [2.45, 2.75) is 32.7 Å². The first-order valence-electron chi connectivity index (χ1n) is 5.87. The largest absolute Gasteiger partial charge is 0.325 e. The highest BCUT2D eigenvalue weighted by atomic mass is 35.5. The van der Waals surface area contributed by atoms with Gasteiger partial charge >= 0.3 is 0 Å². The number of nitrogens with zero attached hydrogens (tertiary/aromatic N) is 2. The maximum atomic E-state index is 6.26. The lowest BCUT2D eigenvalue weighted by molar-refractivity contribution is 0.469. The molecule has 2 nitrogen and oxygen atoms in total. The van der Waals surface area contributed by atoms with Gasteiger partial charge in [-0.1, -0.05) is 37.9 Å². The molecule has 0 radical (unpaired) electrons. The van der Waals surface area contributed by atoms with Gasteiger partial charge in [0.05, 0.1) is 21.9 Å². The summed E-state index contributed by atoms with van der Waals surface area (Å²) < 4.78 is 2.15. The van der Waals surface area contributed by atoms with Crippen LogP contribution in [0.5, 0.6) is 0 Å². The monoisotopic (exact) mass is 270 g/mol. The lowest BCUT2D eigenvalue weighted by atomic mass is 10.1. The van der Waals surface area contributed by atoms with Gasteiger partial charge in [-0.15, -0.1) is 11.6 Å². The molecule has 0 spiro atoms. The molecular weight excluding hydrogens is 255 g/mol. The van der Waals surface area contributed by atoms with Gasteiger partial charge in [-0.05, 0) is 18.1 Å². The number of alkyl halides is 1. The van der Waals surface area contributed by atoms with Crippen molar-refractivity contribution in [3.63, 3.8) is 0 Å². The Morgan fingerprint density at radius 1 is 1.41 bits per heavy atom. The SMILES string of the molecule is CCC(C)Cn1c(CCl)nc2cccc(Cl)c21. The van der Waals surface area contributed by atoms with Crippen molar-refractivity contribution < 1.29 is 0 Å². The Labute approximate surface area is 112 Å². The topological polar surface area (TPSA) is 17.8 Å². The van der Waals surface area contributed by atoms with Gasteiger partial charge in [0.15, 0.2) is 0 Å². The van der Waals surface area contributed by atoms with Gasteiger partial charge in [0, 0.05) is 6.54 Å². The normalized spacial score (nSPS) is 13.2. The summed E-state index contributed by atoms with van der Waals surface area (Å²) in [4.78, 5) is 4.53. The van der Waals surface area contributed by atoms with Crippen LogP contribution in [0.15, 0.2) is 18.2 Å². The highest BCUT2D eigenvalue weighted by molar-refractivity contribution is 6.35.